The molecule has 20 heavy (non-hydrogen) atoms. The Kier molecular flexibility index (Phi) is 4.17. The first-order chi connectivity index (χ1) is 9.49. The predicted molar refractivity (Wildman–Crippen MR) is 72.1 cm³/mol. The number of rotatable bonds is 4. The quantitative estimate of drug-likeness (QED) is 0.858. The molecule has 0 spiro atoms. The van der Waals surface area contributed by atoms with Crippen molar-refractivity contribution in [1.29, 1.82) is 0 Å². The van der Waals surface area contributed by atoms with Crippen molar-refractivity contribution in [2.75, 3.05) is 11.9 Å². The third-order valence-electron chi connectivity index (χ3n) is 2.63. The lowest BCUT2D eigenvalue weighted by Gasteiger charge is -2.10. The molecule has 2 nitrogen and oxygen atoms in total. The molecule has 0 aliphatic rings. The average Bonchev–Trinajstić information content (AvgIpc) is 2.41. The molecular formula is C15H14F3NO. The largest absolute Gasteiger partial charge is 0.457 e. The van der Waals surface area contributed by atoms with E-state index in [4.69, 9.17) is 4.74 Å². The van der Waals surface area contributed by atoms with Gasteiger partial charge in [-0.1, -0.05) is 6.07 Å². The summed E-state index contributed by atoms with van der Waals surface area (Å²) in [6.45, 7) is 2.78. The molecule has 0 aromatic heterocycles. The van der Waals surface area contributed by atoms with Crippen LogP contribution in [0.4, 0.5) is 18.9 Å². The van der Waals surface area contributed by atoms with E-state index in [1.54, 1.807) is 12.1 Å². The fraction of sp³-hybridized carbons (Fsp3) is 0.200. The number of halogens is 3. The second-order valence-corrected chi connectivity index (χ2v) is 4.18. The van der Waals surface area contributed by atoms with Crippen molar-refractivity contribution < 1.29 is 17.9 Å². The summed E-state index contributed by atoms with van der Waals surface area (Å²) in [5.74, 6) is 0.655. The first kappa shape index (κ1) is 14.2. The van der Waals surface area contributed by atoms with Gasteiger partial charge in [0.05, 0.1) is 5.56 Å². The molecule has 106 valence electrons. The standard InChI is InChI=1S/C15H14F3NO/c1-2-19-12-6-8-13(9-7-12)20-14-5-3-4-11(10-14)15(16,17)18/h3-10,19H,2H2,1H3. The molecule has 0 bridgehead atoms. The average molecular weight is 281 g/mol. The van der Waals surface area contributed by atoms with Gasteiger partial charge in [-0.3, -0.25) is 0 Å². The van der Waals surface area contributed by atoms with Gasteiger partial charge < -0.3 is 10.1 Å². The van der Waals surface area contributed by atoms with E-state index in [1.165, 1.54) is 12.1 Å². The van der Waals surface area contributed by atoms with Gasteiger partial charge >= 0.3 is 6.18 Å². The van der Waals surface area contributed by atoms with Gasteiger partial charge in [-0.2, -0.15) is 13.2 Å². The molecule has 2 aromatic carbocycles. The molecule has 0 aliphatic carbocycles. The molecule has 0 aliphatic heterocycles. The Morgan fingerprint density at radius 1 is 1.00 bits per heavy atom. The third kappa shape index (κ3) is 3.66. The van der Waals surface area contributed by atoms with Crippen molar-refractivity contribution in [3.8, 4) is 11.5 Å². The highest BCUT2D eigenvalue weighted by molar-refractivity contribution is 5.47. The third-order valence-corrected chi connectivity index (χ3v) is 2.63. The van der Waals surface area contributed by atoms with E-state index < -0.39 is 11.7 Å². The van der Waals surface area contributed by atoms with Crippen LogP contribution in [0.2, 0.25) is 0 Å². The molecule has 0 heterocycles. The van der Waals surface area contributed by atoms with Crippen molar-refractivity contribution in [1.82, 2.24) is 0 Å². The Balaban J connectivity index is 2.13. The number of hydrogen-bond acceptors (Lipinski definition) is 2. The summed E-state index contributed by atoms with van der Waals surface area (Å²) in [6.07, 6.45) is -4.37. The van der Waals surface area contributed by atoms with Crippen molar-refractivity contribution >= 4 is 5.69 Å². The summed E-state index contributed by atoms with van der Waals surface area (Å²) in [6, 6.07) is 11.9. The highest BCUT2D eigenvalue weighted by Crippen LogP contribution is 2.32. The summed E-state index contributed by atoms with van der Waals surface area (Å²) in [5.41, 5.74) is 0.211. The van der Waals surface area contributed by atoms with Crippen LogP contribution in [0, 0.1) is 0 Å². The normalized spacial score (nSPS) is 11.2. The molecular weight excluding hydrogens is 267 g/mol. The monoisotopic (exact) mass is 281 g/mol. The van der Waals surface area contributed by atoms with E-state index in [1.807, 2.05) is 19.1 Å². The minimum atomic E-state index is -4.37. The van der Waals surface area contributed by atoms with Gasteiger partial charge in [0.15, 0.2) is 0 Å². The molecule has 2 rings (SSSR count). The Bertz CT molecular complexity index is 564. The van der Waals surface area contributed by atoms with Crippen LogP contribution in [0.5, 0.6) is 11.5 Å². The number of ether oxygens (including phenoxy) is 1. The molecule has 5 heteroatoms. The number of anilines is 1. The summed E-state index contributed by atoms with van der Waals surface area (Å²) in [4.78, 5) is 0. The fourth-order valence-electron chi connectivity index (χ4n) is 1.72. The maximum Gasteiger partial charge on any atom is 0.416 e. The van der Waals surface area contributed by atoms with E-state index in [9.17, 15) is 13.2 Å². The minimum absolute atomic E-state index is 0.163. The smallest absolute Gasteiger partial charge is 0.416 e. The van der Waals surface area contributed by atoms with Crippen LogP contribution >= 0.6 is 0 Å². The minimum Gasteiger partial charge on any atom is -0.457 e. The Labute approximate surface area is 115 Å². The molecule has 2 aromatic rings. The van der Waals surface area contributed by atoms with Gasteiger partial charge in [0.1, 0.15) is 11.5 Å². The highest BCUT2D eigenvalue weighted by Gasteiger charge is 2.30. The zero-order valence-corrected chi connectivity index (χ0v) is 10.9. The number of nitrogens with one attached hydrogen (secondary N) is 1. The molecule has 0 atom stereocenters. The van der Waals surface area contributed by atoms with Crippen LogP contribution in [0.25, 0.3) is 0 Å². The van der Waals surface area contributed by atoms with E-state index in [2.05, 4.69) is 5.32 Å². The molecule has 0 saturated carbocycles. The van der Waals surface area contributed by atoms with Gasteiger partial charge in [0, 0.05) is 12.2 Å². The Morgan fingerprint density at radius 2 is 1.70 bits per heavy atom. The van der Waals surface area contributed by atoms with E-state index >= 15 is 0 Å². The van der Waals surface area contributed by atoms with Crippen LogP contribution < -0.4 is 10.1 Å². The van der Waals surface area contributed by atoms with Gasteiger partial charge in [0.25, 0.3) is 0 Å². The maximum atomic E-state index is 12.6. The molecule has 0 saturated heterocycles. The van der Waals surface area contributed by atoms with Crippen LogP contribution in [-0.4, -0.2) is 6.54 Å². The van der Waals surface area contributed by atoms with Crippen LogP contribution in [0.3, 0.4) is 0 Å². The lowest BCUT2D eigenvalue weighted by Crippen LogP contribution is -2.04. The first-order valence-electron chi connectivity index (χ1n) is 6.18. The maximum absolute atomic E-state index is 12.6. The van der Waals surface area contributed by atoms with Gasteiger partial charge in [-0.05, 0) is 49.4 Å². The van der Waals surface area contributed by atoms with Crippen molar-refractivity contribution in [2.45, 2.75) is 13.1 Å². The van der Waals surface area contributed by atoms with Gasteiger partial charge in [-0.25, -0.2) is 0 Å². The van der Waals surface area contributed by atoms with Gasteiger partial charge in [-0.15, -0.1) is 0 Å². The first-order valence-corrected chi connectivity index (χ1v) is 6.18. The second-order valence-electron chi connectivity index (χ2n) is 4.18. The van der Waals surface area contributed by atoms with Crippen molar-refractivity contribution in [3.63, 3.8) is 0 Å². The van der Waals surface area contributed by atoms with E-state index in [0.29, 0.717) is 5.75 Å². The zero-order chi connectivity index (χ0) is 14.6. The topological polar surface area (TPSA) is 21.3 Å². The highest BCUT2D eigenvalue weighted by atomic mass is 19.4. The van der Waals surface area contributed by atoms with E-state index in [-0.39, 0.29) is 5.75 Å². The molecule has 1 N–H and O–H groups in total. The van der Waals surface area contributed by atoms with E-state index in [0.717, 1.165) is 24.4 Å². The van der Waals surface area contributed by atoms with Crippen molar-refractivity contribution in [3.05, 3.63) is 54.1 Å². The SMILES string of the molecule is CCNc1ccc(Oc2cccc(C(F)(F)F)c2)cc1. The van der Waals surface area contributed by atoms with Crippen molar-refractivity contribution in [2.24, 2.45) is 0 Å². The Hall–Kier alpha value is -2.17. The van der Waals surface area contributed by atoms with Crippen LogP contribution in [0.1, 0.15) is 12.5 Å². The summed E-state index contributed by atoms with van der Waals surface area (Å²) >= 11 is 0. The summed E-state index contributed by atoms with van der Waals surface area (Å²) in [7, 11) is 0. The van der Waals surface area contributed by atoms with Crippen LogP contribution in [-0.2, 0) is 6.18 Å². The Morgan fingerprint density at radius 3 is 2.30 bits per heavy atom. The number of benzene rings is 2. The molecule has 0 unspecified atom stereocenters. The number of alkyl halides is 3. The van der Waals surface area contributed by atoms with Gasteiger partial charge in [0.2, 0.25) is 0 Å². The lowest BCUT2D eigenvalue weighted by atomic mass is 10.2. The molecule has 0 fully saturated rings. The second kappa shape index (κ2) is 5.86. The predicted octanol–water partition coefficient (Wildman–Crippen LogP) is 4.93. The number of hydrogen-bond donors (Lipinski definition) is 1. The molecule has 0 radical (unpaired) electrons. The summed E-state index contributed by atoms with van der Waals surface area (Å²) in [5, 5.41) is 3.12. The molecule has 0 amide bonds. The lowest BCUT2D eigenvalue weighted by molar-refractivity contribution is -0.137. The zero-order valence-electron chi connectivity index (χ0n) is 10.9. The summed E-state index contributed by atoms with van der Waals surface area (Å²) < 4.78 is 43.2. The fourth-order valence-corrected chi connectivity index (χ4v) is 1.72. The van der Waals surface area contributed by atoms with Crippen LogP contribution in [0.15, 0.2) is 48.5 Å².